The molecule has 0 atom stereocenters. The molecule has 0 unspecified atom stereocenters. The molecule has 2 rings (SSSR count). The minimum Gasteiger partial charge on any atom is -0.496 e. The third kappa shape index (κ3) is 3.28. The maximum Gasteiger partial charge on any atom is 0.254 e. The van der Waals surface area contributed by atoms with Gasteiger partial charge in [0.05, 0.1) is 19.2 Å². The van der Waals surface area contributed by atoms with Gasteiger partial charge in [0.25, 0.3) is 5.56 Å². The van der Waals surface area contributed by atoms with Gasteiger partial charge in [0, 0.05) is 11.8 Å². The van der Waals surface area contributed by atoms with Gasteiger partial charge in [-0.25, -0.2) is 4.98 Å². The number of hydrogen-bond donors (Lipinski definition) is 1. The predicted molar refractivity (Wildman–Crippen MR) is 86.0 cm³/mol. The van der Waals surface area contributed by atoms with Crippen LogP contribution in [0.25, 0.3) is 0 Å². The lowest BCUT2D eigenvalue weighted by Crippen LogP contribution is -2.24. The topological polar surface area (TPSA) is 70.1 Å². The van der Waals surface area contributed by atoms with E-state index >= 15 is 0 Å². The molecule has 1 aromatic carbocycles. The highest BCUT2D eigenvalue weighted by atomic mass is 32.1. The van der Waals surface area contributed by atoms with E-state index < -0.39 is 0 Å². The van der Waals surface area contributed by atoms with E-state index in [-0.39, 0.29) is 10.5 Å². The summed E-state index contributed by atoms with van der Waals surface area (Å²) in [6.07, 6.45) is 0. The number of ether oxygens (including phenoxy) is 1. The first-order valence-electron chi connectivity index (χ1n) is 6.44. The van der Waals surface area contributed by atoms with Crippen molar-refractivity contribution < 1.29 is 4.74 Å². The van der Waals surface area contributed by atoms with E-state index in [0.717, 1.165) is 5.56 Å². The van der Waals surface area contributed by atoms with Crippen LogP contribution in [-0.4, -0.2) is 21.6 Å². The van der Waals surface area contributed by atoms with E-state index in [1.165, 1.54) is 6.07 Å². The van der Waals surface area contributed by atoms with Crippen LogP contribution >= 0.6 is 12.2 Å². The van der Waals surface area contributed by atoms with Crippen LogP contribution < -0.4 is 16.0 Å². The van der Waals surface area contributed by atoms with E-state index in [1.54, 1.807) is 24.7 Å². The third-order valence-electron chi connectivity index (χ3n) is 3.20. The van der Waals surface area contributed by atoms with Gasteiger partial charge in [0.2, 0.25) is 0 Å². The molecule has 1 aromatic heterocycles. The van der Waals surface area contributed by atoms with Crippen LogP contribution in [0.1, 0.15) is 22.6 Å². The number of hydrogen-bond acceptors (Lipinski definition) is 4. The summed E-state index contributed by atoms with van der Waals surface area (Å²) in [5.74, 6) is 1.30. The Morgan fingerprint density at radius 1 is 1.38 bits per heavy atom. The molecule has 21 heavy (non-hydrogen) atoms. The fraction of sp³-hybridized carbons (Fsp3) is 0.267. The molecule has 2 N–H and O–H groups in total. The highest BCUT2D eigenvalue weighted by Crippen LogP contribution is 2.20. The van der Waals surface area contributed by atoms with Gasteiger partial charge in [0.1, 0.15) is 16.6 Å². The van der Waals surface area contributed by atoms with Crippen LogP contribution in [0.5, 0.6) is 5.75 Å². The smallest absolute Gasteiger partial charge is 0.254 e. The molecule has 6 heteroatoms. The van der Waals surface area contributed by atoms with Gasteiger partial charge in [-0.2, -0.15) is 0 Å². The second-order valence-electron chi connectivity index (χ2n) is 4.77. The molecule has 0 aliphatic rings. The lowest BCUT2D eigenvalue weighted by Gasteiger charge is -2.12. The predicted octanol–water partition coefficient (Wildman–Crippen LogP) is 1.55. The number of methoxy groups -OCH3 is 1. The van der Waals surface area contributed by atoms with Gasteiger partial charge in [-0.3, -0.25) is 9.36 Å². The molecule has 5 nitrogen and oxygen atoms in total. The van der Waals surface area contributed by atoms with Crippen molar-refractivity contribution in [1.29, 1.82) is 0 Å². The minimum absolute atomic E-state index is 0.0762. The summed E-state index contributed by atoms with van der Waals surface area (Å²) in [4.78, 5) is 16.6. The van der Waals surface area contributed by atoms with E-state index in [9.17, 15) is 4.79 Å². The lowest BCUT2D eigenvalue weighted by atomic mass is 10.1. The second kappa shape index (κ2) is 6.05. The molecule has 0 radical (unpaired) electrons. The van der Waals surface area contributed by atoms with E-state index in [2.05, 4.69) is 4.98 Å². The minimum atomic E-state index is -0.0762. The molecule has 0 spiro atoms. The molecule has 0 amide bonds. The van der Waals surface area contributed by atoms with Crippen molar-refractivity contribution in [3.05, 3.63) is 57.3 Å². The van der Waals surface area contributed by atoms with Crippen LogP contribution in [0.2, 0.25) is 0 Å². The van der Waals surface area contributed by atoms with E-state index in [0.29, 0.717) is 29.4 Å². The molecule has 0 aliphatic carbocycles. The van der Waals surface area contributed by atoms with Crippen molar-refractivity contribution in [3.63, 3.8) is 0 Å². The zero-order chi connectivity index (χ0) is 15.6. The number of thiocarbonyl (C=S) groups is 1. The molecule has 2 aromatic rings. The number of rotatable bonds is 4. The van der Waals surface area contributed by atoms with Crippen molar-refractivity contribution >= 4 is 17.2 Å². The number of nitrogens with zero attached hydrogens (tertiary/aromatic N) is 2. The maximum atomic E-state index is 12.1. The third-order valence-corrected chi connectivity index (χ3v) is 3.42. The van der Waals surface area contributed by atoms with Gasteiger partial charge < -0.3 is 10.5 Å². The highest BCUT2D eigenvalue weighted by Gasteiger charge is 2.09. The van der Waals surface area contributed by atoms with Crippen LogP contribution in [0.15, 0.2) is 29.1 Å². The Hall–Kier alpha value is -2.21. The van der Waals surface area contributed by atoms with Crippen molar-refractivity contribution in [3.8, 4) is 5.75 Å². The van der Waals surface area contributed by atoms with Crippen molar-refractivity contribution in [1.82, 2.24) is 9.55 Å². The molecule has 110 valence electrons. The normalized spacial score (nSPS) is 10.4. The van der Waals surface area contributed by atoms with Gasteiger partial charge in [-0.15, -0.1) is 0 Å². The molecular formula is C15H17N3O2S. The van der Waals surface area contributed by atoms with Crippen molar-refractivity contribution in [2.45, 2.75) is 20.4 Å². The first-order valence-corrected chi connectivity index (χ1v) is 6.85. The number of aromatic nitrogens is 2. The molecule has 0 saturated heterocycles. The molecule has 0 bridgehead atoms. The average Bonchev–Trinajstić information content (AvgIpc) is 2.42. The van der Waals surface area contributed by atoms with Crippen molar-refractivity contribution in [2.75, 3.05) is 7.11 Å². The first kappa shape index (κ1) is 15.2. The standard InChI is InChI=1S/C15H17N3O2S/c1-9-6-14(19)18(10(2)17-9)8-11-4-5-13(20-3)12(7-11)15(16)21/h4-7H,8H2,1-3H3,(H2,16,21). The summed E-state index contributed by atoms with van der Waals surface area (Å²) < 4.78 is 6.84. The van der Waals surface area contributed by atoms with Gasteiger partial charge in [-0.1, -0.05) is 18.3 Å². The summed E-state index contributed by atoms with van der Waals surface area (Å²) >= 11 is 5.03. The monoisotopic (exact) mass is 303 g/mol. The van der Waals surface area contributed by atoms with Gasteiger partial charge in [-0.05, 0) is 31.5 Å². The largest absolute Gasteiger partial charge is 0.496 e. The Labute approximate surface area is 128 Å². The quantitative estimate of drug-likeness (QED) is 0.868. The van der Waals surface area contributed by atoms with E-state index in [4.69, 9.17) is 22.7 Å². The average molecular weight is 303 g/mol. The SMILES string of the molecule is COc1ccc(Cn2c(C)nc(C)cc2=O)cc1C(N)=S. The van der Waals surface area contributed by atoms with Crippen LogP contribution in [0.4, 0.5) is 0 Å². The summed E-state index contributed by atoms with van der Waals surface area (Å²) in [7, 11) is 1.56. The Bertz CT molecular complexity index is 753. The molecule has 0 aliphatic heterocycles. The molecular weight excluding hydrogens is 286 g/mol. The van der Waals surface area contributed by atoms with Crippen LogP contribution in [0.3, 0.4) is 0 Å². The molecule has 1 heterocycles. The maximum absolute atomic E-state index is 12.1. The van der Waals surface area contributed by atoms with Crippen molar-refractivity contribution in [2.24, 2.45) is 5.73 Å². The zero-order valence-electron chi connectivity index (χ0n) is 12.2. The number of nitrogens with two attached hydrogens (primary N) is 1. The fourth-order valence-electron chi connectivity index (χ4n) is 2.18. The summed E-state index contributed by atoms with van der Waals surface area (Å²) in [5.41, 5.74) is 7.92. The fourth-order valence-corrected chi connectivity index (χ4v) is 2.34. The highest BCUT2D eigenvalue weighted by molar-refractivity contribution is 7.80. The Kier molecular flexibility index (Phi) is 4.37. The van der Waals surface area contributed by atoms with Gasteiger partial charge in [0.15, 0.2) is 0 Å². The number of benzene rings is 1. The van der Waals surface area contributed by atoms with Crippen LogP contribution in [0, 0.1) is 13.8 Å². The first-order chi connectivity index (χ1) is 9.92. The summed E-state index contributed by atoms with van der Waals surface area (Å²) in [6, 6.07) is 7.04. The molecule has 0 fully saturated rings. The van der Waals surface area contributed by atoms with Crippen LogP contribution in [-0.2, 0) is 6.54 Å². The Balaban J connectivity index is 2.43. The Morgan fingerprint density at radius 3 is 2.67 bits per heavy atom. The number of aryl methyl sites for hydroxylation is 2. The second-order valence-corrected chi connectivity index (χ2v) is 5.21. The Morgan fingerprint density at radius 2 is 2.10 bits per heavy atom. The summed E-state index contributed by atoms with van der Waals surface area (Å²) in [6.45, 7) is 4.03. The van der Waals surface area contributed by atoms with E-state index in [1.807, 2.05) is 19.1 Å². The van der Waals surface area contributed by atoms with Gasteiger partial charge >= 0.3 is 0 Å². The lowest BCUT2D eigenvalue weighted by molar-refractivity contribution is 0.414. The summed E-state index contributed by atoms with van der Waals surface area (Å²) in [5, 5.41) is 0. The molecule has 0 saturated carbocycles. The zero-order valence-corrected chi connectivity index (χ0v) is 13.0.